The van der Waals surface area contributed by atoms with Gasteiger partial charge in [0.2, 0.25) is 0 Å². The Morgan fingerprint density at radius 1 is 0.577 bits per heavy atom. The first-order chi connectivity index (χ1) is 25.1. The molecule has 4 N–H and O–H groups in total. The van der Waals surface area contributed by atoms with Gasteiger partial charge >= 0.3 is 19.8 Å². The monoisotopic (exact) mass is 756 g/mol. The van der Waals surface area contributed by atoms with E-state index >= 15 is 0 Å². The van der Waals surface area contributed by atoms with Gasteiger partial charge in [0.1, 0.15) is 6.61 Å². The van der Waals surface area contributed by atoms with E-state index in [1.54, 1.807) is 0 Å². The van der Waals surface area contributed by atoms with Gasteiger partial charge < -0.3 is 29.5 Å². The molecule has 0 saturated heterocycles. The second-order valence-electron chi connectivity index (χ2n) is 13.6. The molecule has 0 aliphatic heterocycles. The van der Waals surface area contributed by atoms with Crippen molar-refractivity contribution in [2.45, 2.75) is 186 Å². The summed E-state index contributed by atoms with van der Waals surface area (Å²) < 4.78 is 26.2. The lowest BCUT2D eigenvalue weighted by molar-refractivity contribution is -0.161. The van der Waals surface area contributed by atoms with Crippen LogP contribution in [0.2, 0.25) is 0 Å². The van der Waals surface area contributed by atoms with E-state index < -0.39 is 51.3 Å². The molecule has 0 aromatic heterocycles. The van der Waals surface area contributed by atoms with E-state index in [0.717, 1.165) is 44.9 Å². The van der Waals surface area contributed by atoms with E-state index in [1.165, 1.54) is 70.6 Å². The van der Waals surface area contributed by atoms with Crippen LogP contribution in [-0.2, 0) is 28.2 Å². The minimum absolute atomic E-state index is 0.104. The number of phosphoric acid groups is 1. The number of esters is 2. The van der Waals surface area contributed by atoms with Crippen molar-refractivity contribution < 1.29 is 48.2 Å². The number of phosphoric ester groups is 1. The van der Waals surface area contributed by atoms with Crippen LogP contribution in [0.15, 0.2) is 48.6 Å². The highest BCUT2D eigenvalue weighted by Gasteiger charge is 2.23. The number of rotatable bonds is 36. The number of allylic oxidation sites excluding steroid dienone is 7. The van der Waals surface area contributed by atoms with E-state index in [-0.39, 0.29) is 32.1 Å². The number of aliphatic hydroxyl groups excluding tert-OH is 2. The number of aliphatic hydroxyl groups is 2. The van der Waals surface area contributed by atoms with E-state index in [4.69, 9.17) is 19.3 Å². The molecular formula is C41H73O10P. The average molecular weight is 757 g/mol. The van der Waals surface area contributed by atoms with Crippen LogP contribution in [0.4, 0.5) is 0 Å². The first-order valence-corrected chi connectivity index (χ1v) is 21.6. The molecule has 0 saturated carbocycles. The number of hydrogen-bond donors (Lipinski definition) is 4. The highest BCUT2D eigenvalue weighted by molar-refractivity contribution is 7.46. The zero-order valence-corrected chi connectivity index (χ0v) is 33.3. The zero-order chi connectivity index (χ0) is 38.5. The third kappa shape index (κ3) is 36.3. The summed E-state index contributed by atoms with van der Waals surface area (Å²) in [6, 6.07) is 0. The van der Waals surface area contributed by atoms with Crippen LogP contribution in [0.3, 0.4) is 0 Å². The molecule has 0 spiro atoms. The first-order valence-electron chi connectivity index (χ1n) is 20.1. The standard InChI is InChI=1S/C41H73O10P/c1-3-5-7-9-11-13-15-17-18-19-21-23-25-27-29-33-40(44)49-35-37(36-50-52(46,47)48)51-41(45)34-30-32-39(43)38(42)31-28-26-24-22-20-16-14-12-10-8-6-4-2/h12-15,20,22,26,28,37-39,42-43H,3-11,16-19,21,23-25,27,29-36H2,1-2H3,(H2,46,47,48)/b14-12-,15-13-,22-20-,28-26-/t37-,38?,39?/m1/s1. The molecule has 0 rings (SSSR count). The van der Waals surface area contributed by atoms with Crippen molar-refractivity contribution in [2.24, 2.45) is 0 Å². The molecule has 10 nitrogen and oxygen atoms in total. The van der Waals surface area contributed by atoms with Crippen LogP contribution >= 0.6 is 7.82 Å². The van der Waals surface area contributed by atoms with Crippen LogP contribution in [0.25, 0.3) is 0 Å². The van der Waals surface area contributed by atoms with Crippen LogP contribution < -0.4 is 0 Å². The normalized spacial score (nSPS) is 14.2. The fourth-order valence-electron chi connectivity index (χ4n) is 5.35. The predicted octanol–water partition coefficient (Wildman–Crippen LogP) is 9.90. The van der Waals surface area contributed by atoms with Gasteiger partial charge in [0.25, 0.3) is 0 Å². The highest BCUT2D eigenvalue weighted by Crippen LogP contribution is 2.36. The van der Waals surface area contributed by atoms with Crippen LogP contribution in [-0.4, -0.2) is 63.5 Å². The molecule has 0 bridgehead atoms. The Labute approximate surface area is 315 Å². The van der Waals surface area contributed by atoms with Gasteiger partial charge in [-0.3, -0.25) is 14.1 Å². The van der Waals surface area contributed by atoms with Crippen LogP contribution in [0.1, 0.15) is 168 Å². The summed E-state index contributed by atoms with van der Waals surface area (Å²) in [6.45, 7) is 3.39. The molecule has 0 heterocycles. The molecular weight excluding hydrogens is 683 g/mol. The van der Waals surface area contributed by atoms with Crippen molar-refractivity contribution in [3.05, 3.63) is 48.6 Å². The van der Waals surface area contributed by atoms with Gasteiger partial charge in [-0.2, -0.15) is 0 Å². The maximum Gasteiger partial charge on any atom is 0.469 e. The van der Waals surface area contributed by atoms with Crippen molar-refractivity contribution in [2.75, 3.05) is 13.2 Å². The molecule has 3 atom stereocenters. The highest BCUT2D eigenvalue weighted by atomic mass is 31.2. The Balaban J connectivity index is 4.21. The Morgan fingerprint density at radius 3 is 1.67 bits per heavy atom. The minimum atomic E-state index is -4.84. The summed E-state index contributed by atoms with van der Waals surface area (Å²) in [5.74, 6) is -1.18. The lowest BCUT2D eigenvalue weighted by Crippen LogP contribution is -2.30. The topological polar surface area (TPSA) is 160 Å². The average Bonchev–Trinajstić information content (AvgIpc) is 3.11. The Morgan fingerprint density at radius 2 is 1.06 bits per heavy atom. The number of carbonyl (C=O) groups is 2. The van der Waals surface area contributed by atoms with E-state index in [9.17, 15) is 24.4 Å². The second kappa shape index (κ2) is 35.9. The fraction of sp³-hybridized carbons (Fsp3) is 0.756. The quantitative estimate of drug-likeness (QED) is 0.0210. The largest absolute Gasteiger partial charge is 0.469 e. The molecule has 0 fully saturated rings. The maximum absolute atomic E-state index is 12.4. The van der Waals surface area contributed by atoms with Crippen molar-refractivity contribution in [3.8, 4) is 0 Å². The Kier molecular flexibility index (Phi) is 34.5. The van der Waals surface area contributed by atoms with Crippen LogP contribution in [0.5, 0.6) is 0 Å². The molecule has 11 heteroatoms. The summed E-state index contributed by atoms with van der Waals surface area (Å²) in [7, 11) is -4.84. The molecule has 302 valence electrons. The van der Waals surface area contributed by atoms with Crippen molar-refractivity contribution in [3.63, 3.8) is 0 Å². The molecule has 0 amide bonds. The molecule has 0 aliphatic rings. The molecule has 0 aliphatic carbocycles. The molecule has 0 aromatic carbocycles. The number of ether oxygens (including phenoxy) is 2. The lowest BCUT2D eigenvalue weighted by Gasteiger charge is -2.19. The minimum Gasteiger partial charge on any atom is -0.462 e. The number of carbonyl (C=O) groups excluding carboxylic acids is 2. The van der Waals surface area contributed by atoms with Gasteiger partial charge in [-0.1, -0.05) is 127 Å². The summed E-state index contributed by atoms with van der Waals surface area (Å²) in [4.78, 5) is 42.8. The van der Waals surface area contributed by atoms with Crippen molar-refractivity contribution in [1.82, 2.24) is 0 Å². The third-order valence-electron chi connectivity index (χ3n) is 8.52. The van der Waals surface area contributed by atoms with Crippen molar-refractivity contribution >= 4 is 19.8 Å². The Hall–Kier alpha value is -2.07. The van der Waals surface area contributed by atoms with Gasteiger partial charge in [-0.15, -0.1) is 0 Å². The number of hydrogen-bond acceptors (Lipinski definition) is 8. The number of unbranched alkanes of at least 4 members (excludes halogenated alkanes) is 14. The summed E-state index contributed by atoms with van der Waals surface area (Å²) in [6.07, 6.45) is 35.7. The molecule has 0 aromatic rings. The van der Waals surface area contributed by atoms with Gasteiger partial charge in [0.15, 0.2) is 6.10 Å². The Bertz CT molecular complexity index is 1020. The first kappa shape index (κ1) is 49.9. The zero-order valence-electron chi connectivity index (χ0n) is 32.4. The smallest absolute Gasteiger partial charge is 0.462 e. The summed E-state index contributed by atoms with van der Waals surface area (Å²) in [5, 5.41) is 20.5. The van der Waals surface area contributed by atoms with E-state index in [0.29, 0.717) is 6.42 Å². The lowest BCUT2D eigenvalue weighted by atomic mass is 10.0. The summed E-state index contributed by atoms with van der Waals surface area (Å²) in [5.41, 5.74) is 0. The van der Waals surface area contributed by atoms with Gasteiger partial charge in [-0.25, -0.2) is 4.57 Å². The third-order valence-corrected chi connectivity index (χ3v) is 9.01. The molecule has 0 radical (unpaired) electrons. The molecule has 52 heavy (non-hydrogen) atoms. The fourth-order valence-corrected chi connectivity index (χ4v) is 5.71. The van der Waals surface area contributed by atoms with Gasteiger partial charge in [-0.05, 0) is 77.0 Å². The van der Waals surface area contributed by atoms with Gasteiger partial charge in [0.05, 0.1) is 18.8 Å². The SMILES string of the molecule is CCCCC/C=C\C/C=C\C/C=C\CC(O)C(O)CCCC(=O)O[C@H](COC(=O)CCCCCCCCC/C=C\CCCCCC)COP(=O)(O)O. The van der Waals surface area contributed by atoms with Gasteiger partial charge in [0, 0.05) is 12.8 Å². The summed E-state index contributed by atoms with van der Waals surface area (Å²) >= 11 is 0. The van der Waals surface area contributed by atoms with E-state index in [1.807, 2.05) is 12.2 Å². The maximum atomic E-state index is 12.4. The van der Waals surface area contributed by atoms with Crippen molar-refractivity contribution in [1.29, 1.82) is 0 Å². The second-order valence-corrected chi connectivity index (χ2v) is 14.8. The van der Waals surface area contributed by atoms with E-state index in [2.05, 4.69) is 54.8 Å². The predicted molar refractivity (Wildman–Crippen MR) is 210 cm³/mol. The van der Waals surface area contributed by atoms with Crippen LogP contribution in [0, 0.1) is 0 Å². The molecule has 2 unspecified atom stereocenters.